The predicted molar refractivity (Wildman–Crippen MR) is 87.7 cm³/mol. The summed E-state index contributed by atoms with van der Waals surface area (Å²) in [4.78, 5) is 20.3. The van der Waals surface area contributed by atoms with Crippen molar-refractivity contribution in [2.45, 2.75) is 12.8 Å². The van der Waals surface area contributed by atoms with Crippen LogP contribution in [0.2, 0.25) is 10.4 Å². The van der Waals surface area contributed by atoms with Crippen molar-refractivity contribution in [2.24, 2.45) is 0 Å². The van der Waals surface area contributed by atoms with Crippen molar-refractivity contribution in [1.82, 2.24) is 19.9 Å². The molecule has 0 amide bonds. The van der Waals surface area contributed by atoms with Gasteiger partial charge >= 0.3 is 0 Å². The molecule has 2 aromatic heterocycles. The maximum atomic E-state index is 5.69. The Morgan fingerprint density at radius 2 is 1.50 bits per heavy atom. The van der Waals surface area contributed by atoms with Crippen molar-refractivity contribution in [1.29, 1.82) is 0 Å². The Hall–Kier alpha value is -1.66. The van der Waals surface area contributed by atoms with E-state index in [0.717, 1.165) is 37.9 Å². The zero-order valence-electron chi connectivity index (χ0n) is 12.0. The van der Waals surface area contributed by atoms with E-state index in [1.165, 1.54) is 12.8 Å². The van der Waals surface area contributed by atoms with Gasteiger partial charge in [0, 0.05) is 38.6 Å². The number of rotatable bonds is 2. The van der Waals surface area contributed by atoms with E-state index in [4.69, 9.17) is 23.2 Å². The first-order valence-electron chi connectivity index (χ1n) is 7.19. The summed E-state index contributed by atoms with van der Waals surface area (Å²) < 4.78 is 0. The SMILES string of the molecule is Clc1ccnc(N2CCC2)n1.Clc1nccc(N2CCC2)n1. The average Bonchev–Trinajstić information content (AvgIpc) is 2.35. The average molecular weight is 339 g/mol. The summed E-state index contributed by atoms with van der Waals surface area (Å²) in [5.41, 5.74) is 0. The number of aromatic nitrogens is 4. The molecule has 0 radical (unpaired) electrons. The molecule has 0 aromatic carbocycles. The smallest absolute Gasteiger partial charge is 0.226 e. The summed E-state index contributed by atoms with van der Waals surface area (Å²) in [6, 6.07) is 3.57. The van der Waals surface area contributed by atoms with Gasteiger partial charge in [-0.15, -0.1) is 0 Å². The van der Waals surface area contributed by atoms with Crippen LogP contribution < -0.4 is 9.80 Å². The van der Waals surface area contributed by atoms with Crippen molar-refractivity contribution in [2.75, 3.05) is 36.0 Å². The molecule has 2 aliphatic rings. The van der Waals surface area contributed by atoms with Gasteiger partial charge in [-0.1, -0.05) is 11.6 Å². The summed E-state index contributed by atoms with van der Waals surface area (Å²) in [7, 11) is 0. The number of halogens is 2. The lowest BCUT2D eigenvalue weighted by Crippen LogP contribution is -2.38. The fourth-order valence-corrected chi connectivity index (χ4v) is 2.32. The number of hydrogen-bond acceptors (Lipinski definition) is 6. The molecular formula is C14H16Cl2N6. The van der Waals surface area contributed by atoms with Gasteiger partial charge in [-0.05, 0) is 36.6 Å². The van der Waals surface area contributed by atoms with Gasteiger partial charge in [-0.2, -0.15) is 0 Å². The summed E-state index contributed by atoms with van der Waals surface area (Å²) in [6.45, 7) is 4.29. The van der Waals surface area contributed by atoms with Crippen molar-refractivity contribution < 1.29 is 0 Å². The fraction of sp³-hybridized carbons (Fsp3) is 0.429. The molecule has 116 valence electrons. The minimum atomic E-state index is 0.328. The van der Waals surface area contributed by atoms with Crippen LogP contribution in [-0.4, -0.2) is 46.1 Å². The van der Waals surface area contributed by atoms with Crippen molar-refractivity contribution in [3.63, 3.8) is 0 Å². The predicted octanol–water partition coefficient (Wildman–Crippen LogP) is 2.68. The third-order valence-corrected chi connectivity index (χ3v) is 3.93. The Balaban J connectivity index is 0.000000131. The highest BCUT2D eigenvalue weighted by Gasteiger charge is 2.16. The standard InChI is InChI=1S/2C7H8ClN3/c8-7-9-3-2-6(10-7)11-4-1-5-11;8-6-2-3-9-7(10-6)11-4-1-5-11/h2*2-3H,1,4-5H2. The van der Waals surface area contributed by atoms with E-state index in [1.54, 1.807) is 18.5 Å². The molecule has 2 saturated heterocycles. The highest BCUT2D eigenvalue weighted by Crippen LogP contribution is 2.18. The van der Waals surface area contributed by atoms with Gasteiger partial charge in [-0.3, -0.25) is 0 Å². The lowest BCUT2D eigenvalue weighted by molar-refractivity contribution is 0.600. The minimum Gasteiger partial charge on any atom is -0.356 e. The Morgan fingerprint density at radius 1 is 0.818 bits per heavy atom. The molecule has 4 rings (SSSR count). The van der Waals surface area contributed by atoms with Crippen LogP contribution in [0.15, 0.2) is 24.5 Å². The molecule has 0 atom stereocenters. The van der Waals surface area contributed by atoms with E-state index < -0.39 is 0 Å². The van der Waals surface area contributed by atoms with Gasteiger partial charge in [0.05, 0.1) is 0 Å². The van der Waals surface area contributed by atoms with Crippen LogP contribution in [0.4, 0.5) is 11.8 Å². The second kappa shape index (κ2) is 7.07. The van der Waals surface area contributed by atoms with Crippen LogP contribution in [0.3, 0.4) is 0 Å². The molecular weight excluding hydrogens is 323 g/mol. The summed E-state index contributed by atoms with van der Waals surface area (Å²) in [5.74, 6) is 1.69. The number of anilines is 2. The van der Waals surface area contributed by atoms with Gasteiger partial charge in [0.2, 0.25) is 11.2 Å². The summed E-state index contributed by atoms with van der Waals surface area (Å²) in [5, 5.41) is 0.844. The van der Waals surface area contributed by atoms with Crippen LogP contribution in [0.1, 0.15) is 12.8 Å². The molecule has 8 heteroatoms. The van der Waals surface area contributed by atoms with Gasteiger partial charge in [0.25, 0.3) is 0 Å². The molecule has 0 N–H and O–H groups in total. The zero-order valence-corrected chi connectivity index (χ0v) is 13.5. The van der Waals surface area contributed by atoms with Gasteiger partial charge in [-0.25, -0.2) is 19.9 Å². The van der Waals surface area contributed by atoms with Gasteiger partial charge < -0.3 is 9.80 Å². The van der Waals surface area contributed by atoms with Crippen molar-refractivity contribution in [3.8, 4) is 0 Å². The molecule has 2 aliphatic heterocycles. The molecule has 22 heavy (non-hydrogen) atoms. The van der Waals surface area contributed by atoms with E-state index in [1.807, 2.05) is 6.07 Å². The number of hydrogen-bond donors (Lipinski definition) is 0. The first kappa shape index (κ1) is 15.2. The van der Waals surface area contributed by atoms with Crippen LogP contribution in [0, 0.1) is 0 Å². The lowest BCUT2D eigenvalue weighted by atomic mass is 10.2. The maximum absolute atomic E-state index is 5.69. The van der Waals surface area contributed by atoms with E-state index in [9.17, 15) is 0 Å². The molecule has 2 fully saturated rings. The largest absolute Gasteiger partial charge is 0.356 e. The van der Waals surface area contributed by atoms with E-state index >= 15 is 0 Å². The molecule has 4 heterocycles. The minimum absolute atomic E-state index is 0.328. The molecule has 0 spiro atoms. The summed E-state index contributed by atoms with van der Waals surface area (Å²) in [6.07, 6.45) is 5.85. The Kier molecular flexibility index (Phi) is 4.90. The zero-order chi connectivity index (χ0) is 15.4. The Labute approximate surface area is 139 Å². The molecule has 0 bridgehead atoms. The van der Waals surface area contributed by atoms with Gasteiger partial charge in [0.15, 0.2) is 0 Å². The van der Waals surface area contributed by atoms with E-state index in [-0.39, 0.29) is 0 Å². The molecule has 6 nitrogen and oxygen atoms in total. The highest BCUT2D eigenvalue weighted by molar-refractivity contribution is 6.29. The highest BCUT2D eigenvalue weighted by atomic mass is 35.5. The van der Waals surface area contributed by atoms with Crippen LogP contribution in [0.25, 0.3) is 0 Å². The molecule has 0 saturated carbocycles. The van der Waals surface area contributed by atoms with Crippen molar-refractivity contribution >= 4 is 35.0 Å². The fourth-order valence-electron chi connectivity index (χ4n) is 2.04. The first-order valence-corrected chi connectivity index (χ1v) is 7.95. The maximum Gasteiger partial charge on any atom is 0.226 e. The third-order valence-electron chi connectivity index (χ3n) is 3.54. The topological polar surface area (TPSA) is 58.0 Å². The second-order valence-electron chi connectivity index (χ2n) is 5.04. The Morgan fingerprint density at radius 3 is 2.05 bits per heavy atom. The molecule has 0 aliphatic carbocycles. The third kappa shape index (κ3) is 3.75. The monoisotopic (exact) mass is 338 g/mol. The van der Waals surface area contributed by atoms with Crippen LogP contribution in [0.5, 0.6) is 0 Å². The first-order chi connectivity index (χ1) is 10.7. The molecule has 0 unspecified atom stereocenters. The second-order valence-corrected chi connectivity index (χ2v) is 5.77. The van der Waals surface area contributed by atoms with E-state index in [0.29, 0.717) is 10.4 Å². The van der Waals surface area contributed by atoms with Crippen LogP contribution in [-0.2, 0) is 0 Å². The normalized spacial score (nSPS) is 16.3. The van der Waals surface area contributed by atoms with Crippen LogP contribution >= 0.6 is 23.2 Å². The lowest BCUT2D eigenvalue weighted by Gasteiger charge is -2.31. The van der Waals surface area contributed by atoms with Gasteiger partial charge in [0.1, 0.15) is 11.0 Å². The number of nitrogens with zero attached hydrogens (tertiary/aromatic N) is 6. The van der Waals surface area contributed by atoms with Crippen molar-refractivity contribution in [3.05, 3.63) is 35.0 Å². The van der Waals surface area contributed by atoms with E-state index in [2.05, 4.69) is 29.7 Å². The summed E-state index contributed by atoms with van der Waals surface area (Å²) >= 11 is 11.3. The Bertz CT molecular complexity index is 575. The quantitative estimate of drug-likeness (QED) is 0.619. The molecule has 2 aromatic rings.